The van der Waals surface area contributed by atoms with Crippen LogP contribution in [0.5, 0.6) is 11.5 Å². The fourth-order valence-electron chi connectivity index (χ4n) is 1.83. The van der Waals surface area contributed by atoms with E-state index in [1.807, 2.05) is 6.07 Å². The number of carboxylic acid groups (broad SMARTS) is 1. The van der Waals surface area contributed by atoms with Crippen LogP contribution in [0.2, 0.25) is 0 Å². The highest BCUT2D eigenvalue weighted by Gasteiger charge is 2.27. The second-order valence-corrected chi connectivity index (χ2v) is 3.60. The fourth-order valence-corrected chi connectivity index (χ4v) is 1.83. The summed E-state index contributed by atoms with van der Waals surface area (Å²) in [5.74, 6) is 0.364. The molecule has 1 aromatic carbocycles. The first-order valence-corrected chi connectivity index (χ1v) is 4.90. The van der Waals surface area contributed by atoms with Gasteiger partial charge < -0.3 is 19.9 Å². The van der Waals surface area contributed by atoms with Crippen molar-refractivity contribution in [1.82, 2.24) is 0 Å². The average Bonchev–Trinajstić information content (AvgIpc) is 2.69. The molecule has 1 atom stereocenters. The molecule has 0 aromatic heterocycles. The van der Waals surface area contributed by atoms with E-state index in [2.05, 4.69) is 5.32 Å². The van der Waals surface area contributed by atoms with Crippen LogP contribution in [0.1, 0.15) is 5.56 Å². The van der Waals surface area contributed by atoms with Crippen molar-refractivity contribution in [3.8, 4) is 11.5 Å². The molecule has 1 aromatic rings. The van der Waals surface area contributed by atoms with Crippen LogP contribution in [0.4, 0.5) is 5.69 Å². The summed E-state index contributed by atoms with van der Waals surface area (Å²) < 4.78 is 10.3. The Hall–Kier alpha value is -1.91. The van der Waals surface area contributed by atoms with E-state index >= 15 is 0 Å². The molecule has 1 heterocycles. The van der Waals surface area contributed by atoms with Gasteiger partial charge >= 0.3 is 5.97 Å². The maximum Gasteiger partial charge on any atom is 0.326 e. The van der Waals surface area contributed by atoms with Gasteiger partial charge in [0.15, 0.2) is 11.5 Å². The van der Waals surface area contributed by atoms with E-state index in [1.165, 1.54) is 0 Å². The first-order valence-electron chi connectivity index (χ1n) is 4.90. The van der Waals surface area contributed by atoms with Gasteiger partial charge in [-0.3, -0.25) is 0 Å². The van der Waals surface area contributed by atoms with Gasteiger partial charge in [-0.2, -0.15) is 0 Å². The van der Waals surface area contributed by atoms with Crippen LogP contribution in [-0.4, -0.2) is 31.3 Å². The van der Waals surface area contributed by atoms with E-state index in [9.17, 15) is 4.79 Å². The van der Waals surface area contributed by atoms with Crippen LogP contribution in [-0.2, 0) is 11.2 Å². The van der Waals surface area contributed by atoms with Gasteiger partial charge in [-0.05, 0) is 11.6 Å². The number of methoxy groups -OCH3 is 2. The lowest BCUT2D eigenvalue weighted by atomic mass is 10.1. The predicted molar refractivity (Wildman–Crippen MR) is 58.3 cm³/mol. The molecular weight excluding hydrogens is 210 g/mol. The highest BCUT2D eigenvalue weighted by Crippen LogP contribution is 2.37. The summed E-state index contributed by atoms with van der Waals surface area (Å²) in [6.07, 6.45) is 0.463. The number of anilines is 1. The van der Waals surface area contributed by atoms with Crippen molar-refractivity contribution in [2.45, 2.75) is 12.5 Å². The fraction of sp³-hybridized carbons (Fsp3) is 0.364. The topological polar surface area (TPSA) is 67.8 Å². The van der Waals surface area contributed by atoms with Gasteiger partial charge in [0.2, 0.25) is 0 Å². The van der Waals surface area contributed by atoms with Crippen LogP contribution in [0.25, 0.3) is 0 Å². The van der Waals surface area contributed by atoms with Gasteiger partial charge in [0, 0.05) is 18.2 Å². The van der Waals surface area contributed by atoms with Crippen molar-refractivity contribution in [3.63, 3.8) is 0 Å². The molecule has 0 fully saturated rings. The molecule has 0 bridgehead atoms. The van der Waals surface area contributed by atoms with Crippen molar-refractivity contribution in [1.29, 1.82) is 0 Å². The molecule has 5 nitrogen and oxygen atoms in total. The highest BCUT2D eigenvalue weighted by molar-refractivity contribution is 5.82. The van der Waals surface area contributed by atoms with E-state index < -0.39 is 12.0 Å². The molecule has 86 valence electrons. The number of hydrogen-bond donors (Lipinski definition) is 2. The summed E-state index contributed by atoms with van der Waals surface area (Å²) >= 11 is 0. The van der Waals surface area contributed by atoms with E-state index in [1.54, 1.807) is 20.3 Å². The third kappa shape index (κ3) is 1.64. The van der Waals surface area contributed by atoms with Gasteiger partial charge in [0.25, 0.3) is 0 Å². The zero-order valence-corrected chi connectivity index (χ0v) is 9.11. The SMILES string of the molecule is COc1cc2c(cc1OC)NC(C(=O)O)C2. The molecule has 2 rings (SSSR count). The first kappa shape index (κ1) is 10.6. The summed E-state index contributed by atoms with van der Waals surface area (Å²) in [6.45, 7) is 0. The lowest BCUT2D eigenvalue weighted by molar-refractivity contribution is -0.137. The average molecular weight is 223 g/mol. The van der Waals surface area contributed by atoms with E-state index in [0.29, 0.717) is 17.9 Å². The van der Waals surface area contributed by atoms with Gasteiger partial charge in [0.1, 0.15) is 6.04 Å². The Morgan fingerprint density at radius 1 is 1.38 bits per heavy atom. The van der Waals surface area contributed by atoms with Crippen molar-refractivity contribution < 1.29 is 19.4 Å². The monoisotopic (exact) mass is 223 g/mol. The summed E-state index contributed by atoms with van der Waals surface area (Å²) in [6, 6.07) is 3.01. The zero-order valence-electron chi connectivity index (χ0n) is 9.11. The quantitative estimate of drug-likeness (QED) is 0.803. The normalized spacial score (nSPS) is 17.5. The molecule has 0 spiro atoms. The van der Waals surface area contributed by atoms with Crippen molar-refractivity contribution in [3.05, 3.63) is 17.7 Å². The third-order valence-electron chi connectivity index (χ3n) is 2.66. The zero-order chi connectivity index (χ0) is 11.7. The largest absolute Gasteiger partial charge is 0.493 e. The smallest absolute Gasteiger partial charge is 0.326 e. The molecule has 0 aliphatic carbocycles. The number of nitrogens with one attached hydrogen (secondary N) is 1. The van der Waals surface area contributed by atoms with Crippen molar-refractivity contribution in [2.75, 3.05) is 19.5 Å². The Labute approximate surface area is 93.0 Å². The van der Waals surface area contributed by atoms with Gasteiger partial charge in [0.05, 0.1) is 14.2 Å². The Morgan fingerprint density at radius 2 is 2.00 bits per heavy atom. The number of benzene rings is 1. The van der Waals surface area contributed by atoms with E-state index in [-0.39, 0.29) is 0 Å². The number of carbonyl (C=O) groups is 1. The molecule has 16 heavy (non-hydrogen) atoms. The number of aliphatic carboxylic acids is 1. The predicted octanol–water partition coefficient (Wildman–Crippen LogP) is 1.12. The standard InChI is InChI=1S/C11H13NO4/c1-15-9-4-6-3-8(11(13)14)12-7(6)5-10(9)16-2/h4-5,8,12H,3H2,1-2H3,(H,13,14). The van der Waals surface area contributed by atoms with Crippen LogP contribution >= 0.6 is 0 Å². The highest BCUT2D eigenvalue weighted by atomic mass is 16.5. The Morgan fingerprint density at radius 3 is 2.56 bits per heavy atom. The molecule has 0 amide bonds. The summed E-state index contributed by atoms with van der Waals surface area (Å²) in [4.78, 5) is 10.9. The lowest BCUT2D eigenvalue weighted by Gasteiger charge is -2.09. The second-order valence-electron chi connectivity index (χ2n) is 3.60. The maximum absolute atomic E-state index is 10.9. The number of rotatable bonds is 3. The van der Waals surface area contributed by atoms with Gasteiger partial charge in [-0.1, -0.05) is 0 Å². The number of hydrogen-bond acceptors (Lipinski definition) is 4. The minimum Gasteiger partial charge on any atom is -0.493 e. The molecule has 1 aliphatic heterocycles. The second kappa shape index (κ2) is 3.92. The minimum absolute atomic E-state index is 0.463. The summed E-state index contributed by atoms with van der Waals surface area (Å²) in [7, 11) is 3.11. The molecular formula is C11H13NO4. The molecule has 0 saturated carbocycles. The first-order chi connectivity index (χ1) is 7.65. The molecule has 5 heteroatoms. The maximum atomic E-state index is 10.9. The van der Waals surface area contributed by atoms with Crippen LogP contribution < -0.4 is 14.8 Å². The third-order valence-corrected chi connectivity index (χ3v) is 2.66. The Kier molecular flexibility index (Phi) is 2.60. The molecule has 0 radical (unpaired) electrons. The summed E-state index contributed by atoms with van der Waals surface area (Å²) in [5, 5.41) is 11.8. The van der Waals surface area contributed by atoms with E-state index in [4.69, 9.17) is 14.6 Å². The lowest BCUT2D eigenvalue weighted by Crippen LogP contribution is -2.26. The van der Waals surface area contributed by atoms with Crippen LogP contribution in [0, 0.1) is 0 Å². The minimum atomic E-state index is -0.853. The van der Waals surface area contributed by atoms with Crippen LogP contribution in [0.15, 0.2) is 12.1 Å². The Balaban J connectivity index is 2.36. The number of ether oxygens (including phenoxy) is 2. The molecule has 1 unspecified atom stereocenters. The summed E-state index contributed by atoms with van der Waals surface area (Å²) in [5.41, 5.74) is 1.73. The van der Waals surface area contributed by atoms with Crippen molar-refractivity contribution in [2.24, 2.45) is 0 Å². The number of fused-ring (bicyclic) bond motifs is 1. The van der Waals surface area contributed by atoms with E-state index in [0.717, 1.165) is 11.3 Å². The molecule has 0 saturated heterocycles. The van der Waals surface area contributed by atoms with Crippen molar-refractivity contribution >= 4 is 11.7 Å². The van der Waals surface area contributed by atoms with Gasteiger partial charge in [-0.25, -0.2) is 4.79 Å². The number of carboxylic acids is 1. The Bertz CT molecular complexity index is 397. The van der Waals surface area contributed by atoms with Gasteiger partial charge in [-0.15, -0.1) is 0 Å². The molecule has 1 aliphatic rings. The van der Waals surface area contributed by atoms with Crippen LogP contribution in [0.3, 0.4) is 0 Å². The molecule has 2 N–H and O–H groups in total.